The summed E-state index contributed by atoms with van der Waals surface area (Å²) < 4.78 is 5.60. The Morgan fingerprint density at radius 2 is 2.17 bits per heavy atom. The number of hydrogen-bond donors (Lipinski definition) is 2. The van der Waals surface area contributed by atoms with Crippen molar-refractivity contribution in [2.45, 2.75) is 45.1 Å². The highest BCUT2D eigenvalue weighted by atomic mass is 35.5. The third kappa shape index (κ3) is 4.66. The fourth-order valence-electron chi connectivity index (χ4n) is 3.37. The van der Waals surface area contributed by atoms with Gasteiger partial charge in [-0.3, -0.25) is 9.78 Å². The Labute approximate surface area is 179 Å². The maximum Gasteiger partial charge on any atom is 0.261 e. The Morgan fingerprint density at radius 3 is 2.93 bits per heavy atom. The van der Waals surface area contributed by atoms with Gasteiger partial charge in [0.2, 0.25) is 0 Å². The van der Waals surface area contributed by atoms with Crippen LogP contribution >= 0.6 is 23.7 Å². The zero-order valence-electron chi connectivity index (χ0n) is 16.4. The van der Waals surface area contributed by atoms with E-state index in [9.17, 15) is 4.79 Å². The average molecular weight is 434 g/mol. The summed E-state index contributed by atoms with van der Waals surface area (Å²) in [7, 11) is 1.91. The van der Waals surface area contributed by atoms with Crippen molar-refractivity contribution in [1.29, 1.82) is 0 Å². The van der Waals surface area contributed by atoms with Crippen LogP contribution in [0.1, 0.15) is 46.4 Å². The van der Waals surface area contributed by atoms with E-state index in [4.69, 9.17) is 4.52 Å². The molecular weight excluding hydrogens is 410 g/mol. The SMILES string of the molecule is CNC(C)Cc1noc(-c2c(NC(=O)c3cccnc3)sc3c2CCCC3)n1.Cl. The molecule has 3 aromatic heterocycles. The maximum atomic E-state index is 12.7. The molecule has 0 aromatic carbocycles. The van der Waals surface area contributed by atoms with E-state index in [1.165, 1.54) is 10.4 Å². The molecule has 0 saturated carbocycles. The molecule has 0 aliphatic heterocycles. The summed E-state index contributed by atoms with van der Waals surface area (Å²) >= 11 is 1.61. The van der Waals surface area contributed by atoms with E-state index in [2.05, 4.69) is 32.7 Å². The summed E-state index contributed by atoms with van der Waals surface area (Å²) in [6, 6.07) is 3.76. The molecule has 1 aliphatic carbocycles. The molecule has 0 saturated heterocycles. The van der Waals surface area contributed by atoms with Crippen molar-refractivity contribution >= 4 is 34.7 Å². The minimum atomic E-state index is -0.184. The number of fused-ring (bicyclic) bond motifs is 1. The first-order valence-corrected chi connectivity index (χ1v) is 10.3. The molecule has 9 heteroatoms. The lowest BCUT2D eigenvalue weighted by Crippen LogP contribution is -2.24. The molecule has 4 rings (SSSR count). The van der Waals surface area contributed by atoms with Gasteiger partial charge < -0.3 is 15.2 Å². The molecular formula is C20H24ClN5O2S. The van der Waals surface area contributed by atoms with E-state index in [-0.39, 0.29) is 24.4 Å². The van der Waals surface area contributed by atoms with Crippen molar-refractivity contribution < 1.29 is 9.32 Å². The van der Waals surface area contributed by atoms with E-state index in [0.29, 0.717) is 23.7 Å². The predicted molar refractivity (Wildman–Crippen MR) is 116 cm³/mol. The average Bonchev–Trinajstić information content (AvgIpc) is 3.32. The van der Waals surface area contributed by atoms with Crippen LogP contribution in [0.5, 0.6) is 0 Å². The topological polar surface area (TPSA) is 92.9 Å². The number of carbonyl (C=O) groups is 1. The van der Waals surface area contributed by atoms with Crippen LogP contribution in [0.3, 0.4) is 0 Å². The molecule has 7 nitrogen and oxygen atoms in total. The first-order valence-electron chi connectivity index (χ1n) is 9.52. The summed E-state index contributed by atoms with van der Waals surface area (Å²) in [5.74, 6) is 0.966. The summed E-state index contributed by atoms with van der Waals surface area (Å²) in [6.07, 6.45) is 8.18. The molecule has 29 heavy (non-hydrogen) atoms. The number of likely N-dealkylation sites (N-methyl/N-ethyl adjacent to an activating group) is 1. The van der Waals surface area contributed by atoms with Crippen molar-refractivity contribution in [3.63, 3.8) is 0 Å². The normalized spacial score (nSPS) is 14.0. The number of hydrogen-bond acceptors (Lipinski definition) is 7. The van der Waals surface area contributed by atoms with Crippen molar-refractivity contribution in [3.05, 3.63) is 46.4 Å². The van der Waals surface area contributed by atoms with Crippen molar-refractivity contribution in [2.24, 2.45) is 0 Å². The molecule has 3 aromatic rings. The smallest absolute Gasteiger partial charge is 0.261 e. The number of anilines is 1. The third-order valence-electron chi connectivity index (χ3n) is 4.99. The maximum absolute atomic E-state index is 12.7. The lowest BCUT2D eigenvalue weighted by Gasteiger charge is -2.11. The van der Waals surface area contributed by atoms with Crippen LogP contribution in [0, 0.1) is 0 Å². The van der Waals surface area contributed by atoms with Gasteiger partial charge in [-0.25, -0.2) is 0 Å². The Morgan fingerprint density at radius 1 is 1.34 bits per heavy atom. The number of amides is 1. The molecule has 0 bridgehead atoms. The van der Waals surface area contributed by atoms with E-state index in [0.717, 1.165) is 36.2 Å². The minimum absolute atomic E-state index is 0. The van der Waals surface area contributed by atoms with Crippen LogP contribution in [-0.2, 0) is 19.3 Å². The van der Waals surface area contributed by atoms with Crippen molar-refractivity contribution in [2.75, 3.05) is 12.4 Å². The number of thiophene rings is 1. The Balaban J connectivity index is 0.00000240. The Kier molecular flexibility index (Phi) is 7.00. The van der Waals surface area contributed by atoms with Gasteiger partial charge in [-0.1, -0.05) is 5.16 Å². The third-order valence-corrected chi connectivity index (χ3v) is 6.19. The second-order valence-corrected chi connectivity index (χ2v) is 8.13. The van der Waals surface area contributed by atoms with Gasteiger partial charge in [0, 0.05) is 29.7 Å². The van der Waals surface area contributed by atoms with Crippen LogP contribution in [0.15, 0.2) is 29.0 Å². The number of nitrogens with one attached hydrogen (secondary N) is 2. The summed E-state index contributed by atoms with van der Waals surface area (Å²) in [5.41, 5.74) is 2.64. The molecule has 2 N–H and O–H groups in total. The summed E-state index contributed by atoms with van der Waals surface area (Å²) in [5, 5.41) is 11.1. The second kappa shape index (κ2) is 9.47. The molecule has 1 atom stereocenters. The Bertz CT molecular complexity index is 973. The van der Waals surface area contributed by atoms with Crippen LogP contribution in [0.25, 0.3) is 11.5 Å². The monoisotopic (exact) mass is 433 g/mol. The standard InChI is InChI=1S/C20H23N5O2S.ClH/c1-12(21-2)10-16-23-19(27-25-16)17-14-7-3-4-8-15(14)28-20(17)24-18(26)13-6-5-9-22-11-13;/h5-6,9,11-12,21H,3-4,7-8,10H2,1-2H3,(H,24,26);1H. The van der Waals surface area contributed by atoms with Gasteiger partial charge >= 0.3 is 0 Å². The second-order valence-electron chi connectivity index (χ2n) is 7.02. The van der Waals surface area contributed by atoms with E-state index in [1.54, 1.807) is 35.9 Å². The van der Waals surface area contributed by atoms with Gasteiger partial charge in [0.1, 0.15) is 5.00 Å². The van der Waals surface area contributed by atoms with Crippen molar-refractivity contribution in [1.82, 2.24) is 20.4 Å². The van der Waals surface area contributed by atoms with E-state index < -0.39 is 0 Å². The van der Waals surface area contributed by atoms with Gasteiger partial charge in [0.05, 0.1) is 11.1 Å². The zero-order chi connectivity index (χ0) is 19.5. The van der Waals surface area contributed by atoms with Gasteiger partial charge in [0.25, 0.3) is 11.8 Å². The fraction of sp³-hybridized carbons (Fsp3) is 0.400. The minimum Gasteiger partial charge on any atom is -0.334 e. The van der Waals surface area contributed by atoms with Crippen LogP contribution in [0.2, 0.25) is 0 Å². The first-order chi connectivity index (χ1) is 13.7. The Hall–Kier alpha value is -2.29. The molecule has 1 unspecified atom stereocenters. The molecule has 0 spiro atoms. The summed E-state index contributed by atoms with van der Waals surface area (Å²) in [4.78, 5) is 22.6. The fourth-order valence-corrected chi connectivity index (χ4v) is 4.64. The molecule has 1 amide bonds. The molecule has 1 aliphatic rings. The number of rotatable bonds is 6. The first kappa shape index (κ1) is 21.4. The number of pyridine rings is 1. The number of halogens is 1. The van der Waals surface area contributed by atoms with Gasteiger partial charge in [-0.2, -0.15) is 4.98 Å². The van der Waals surface area contributed by atoms with Crippen molar-refractivity contribution in [3.8, 4) is 11.5 Å². The number of aromatic nitrogens is 3. The van der Waals surface area contributed by atoms with Crippen LogP contribution in [-0.4, -0.2) is 34.1 Å². The van der Waals surface area contributed by atoms with Gasteiger partial charge in [-0.15, -0.1) is 23.7 Å². The lowest BCUT2D eigenvalue weighted by molar-refractivity contribution is 0.102. The quantitative estimate of drug-likeness (QED) is 0.612. The highest BCUT2D eigenvalue weighted by molar-refractivity contribution is 7.17. The highest BCUT2D eigenvalue weighted by Crippen LogP contribution is 2.43. The predicted octanol–water partition coefficient (Wildman–Crippen LogP) is 3.90. The lowest BCUT2D eigenvalue weighted by atomic mass is 9.95. The van der Waals surface area contributed by atoms with E-state index in [1.807, 2.05) is 7.05 Å². The number of carbonyl (C=O) groups excluding carboxylic acids is 1. The largest absolute Gasteiger partial charge is 0.334 e. The number of aryl methyl sites for hydroxylation is 1. The highest BCUT2D eigenvalue weighted by Gasteiger charge is 2.27. The van der Waals surface area contributed by atoms with Crippen LogP contribution in [0.4, 0.5) is 5.00 Å². The molecule has 0 fully saturated rings. The number of nitrogens with zero attached hydrogens (tertiary/aromatic N) is 3. The molecule has 0 radical (unpaired) electrons. The molecule has 154 valence electrons. The van der Waals surface area contributed by atoms with Crippen LogP contribution < -0.4 is 10.6 Å². The summed E-state index contributed by atoms with van der Waals surface area (Å²) in [6.45, 7) is 2.07. The zero-order valence-corrected chi connectivity index (χ0v) is 18.0. The molecule has 3 heterocycles. The van der Waals surface area contributed by atoms with Gasteiger partial charge in [-0.05, 0) is 57.4 Å². The van der Waals surface area contributed by atoms with Gasteiger partial charge in [0.15, 0.2) is 5.82 Å². The van der Waals surface area contributed by atoms with E-state index >= 15 is 0 Å².